The molecule has 0 aliphatic heterocycles. The third-order valence-corrected chi connectivity index (χ3v) is 2.71. The van der Waals surface area contributed by atoms with Crippen LogP contribution >= 0.6 is 11.6 Å². The Bertz CT molecular complexity index is 496. The van der Waals surface area contributed by atoms with Crippen molar-refractivity contribution in [1.29, 1.82) is 0 Å². The summed E-state index contributed by atoms with van der Waals surface area (Å²) in [7, 11) is 0. The monoisotopic (exact) mass is 252 g/mol. The molecule has 0 saturated carbocycles. The summed E-state index contributed by atoms with van der Waals surface area (Å²) in [6.07, 6.45) is 2.21. The van der Waals surface area contributed by atoms with Gasteiger partial charge in [-0.15, -0.1) is 0 Å². The number of aromatic nitrogens is 5. The largest absolute Gasteiger partial charge is 0.362 e. The highest BCUT2D eigenvalue weighted by Crippen LogP contribution is 2.20. The number of rotatable bonds is 4. The second kappa shape index (κ2) is 5.09. The van der Waals surface area contributed by atoms with Crippen LogP contribution in [0, 0.1) is 6.92 Å². The number of hydrogen-bond acceptors (Lipinski definition) is 5. The van der Waals surface area contributed by atoms with Gasteiger partial charge < -0.3 is 5.32 Å². The SMILES string of the molecule is CCc1nc(Cl)c(C)c(NCc2ncn[nH]2)n1. The van der Waals surface area contributed by atoms with Crippen molar-refractivity contribution < 1.29 is 0 Å². The number of nitrogens with zero attached hydrogens (tertiary/aromatic N) is 4. The molecule has 2 rings (SSSR count). The van der Waals surface area contributed by atoms with E-state index in [1.165, 1.54) is 6.33 Å². The number of H-pyrrole nitrogens is 1. The molecule has 2 N–H and O–H groups in total. The number of hydrogen-bond donors (Lipinski definition) is 2. The summed E-state index contributed by atoms with van der Waals surface area (Å²) < 4.78 is 0. The van der Waals surface area contributed by atoms with Crippen LogP contribution in [0.4, 0.5) is 5.82 Å². The minimum absolute atomic E-state index is 0.483. The van der Waals surface area contributed by atoms with Gasteiger partial charge in [-0.2, -0.15) is 5.10 Å². The summed E-state index contributed by atoms with van der Waals surface area (Å²) in [5, 5.41) is 10.2. The molecule has 0 aromatic carbocycles. The lowest BCUT2D eigenvalue weighted by molar-refractivity contribution is 0.903. The fraction of sp³-hybridized carbons (Fsp3) is 0.400. The topological polar surface area (TPSA) is 79.4 Å². The fourth-order valence-electron chi connectivity index (χ4n) is 1.35. The zero-order chi connectivity index (χ0) is 12.3. The van der Waals surface area contributed by atoms with E-state index in [9.17, 15) is 0 Å². The number of nitrogens with one attached hydrogen (secondary N) is 2. The van der Waals surface area contributed by atoms with Gasteiger partial charge >= 0.3 is 0 Å². The maximum atomic E-state index is 6.03. The Hall–Kier alpha value is -1.69. The lowest BCUT2D eigenvalue weighted by Crippen LogP contribution is -2.08. The minimum atomic E-state index is 0.483. The van der Waals surface area contributed by atoms with Crippen molar-refractivity contribution in [3.63, 3.8) is 0 Å². The fourth-order valence-corrected chi connectivity index (χ4v) is 1.53. The van der Waals surface area contributed by atoms with E-state index < -0.39 is 0 Å². The molecule has 2 aromatic heterocycles. The molecular formula is C10H13ClN6. The molecule has 0 spiro atoms. The van der Waals surface area contributed by atoms with Crippen molar-refractivity contribution in [2.45, 2.75) is 26.8 Å². The van der Waals surface area contributed by atoms with E-state index in [0.717, 1.165) is 29.5 Å². The van der Waals surface area contributed by atoms with Gasteiger partial charge in [-0.1, -0.05) is 18.5 Å². The van der Waals surface area contributed by atoms with Crippen molar-refractivity contribution in [3.8, 4) is 0 Å². The smallest absolute Gasteiger partial charge is 0.143 e. The summed E-state index contributed by atoms with van der Waals surface area (Å²) in [6.45, 7) is 4.39. The molecule has 90 valence electrons. The van der Waals surface area contributed by atoms with Crippen molar-refractivity contribution in [1.82, 2.24) is 25.1 Å². The Labute approximate surface area is 104 Å². The maximum absolute atomic E-state index is 6.03. The minimum Gasteiger partial charge on any atom is -0.362 e. The van der Waals surface area contributed by atoms with Crippen LogP contribution in [-0.4, -0.2) is 25.1 Å². The molecule has 0 aliphatic rings. The van der Waals surface area contributed by atoms with E-state index in [-0.39, 0.29) is 0 Å². The first kappa shape index (κ1) is 11.8. The molecule has 0 radical (unpaired) electrons. The summed E-state index contributed by atoms with van der Waals surface area (Å²) in [6, 6.07) is 0. The first-order chi connectivity index (χ1) is 8.20. The van der Waals surface area contributed by atoms with Crippen LogP contribution in [0.3, 0.4) is 0 Å². The van der Waals surface area contributed by atoms with Gasteiger partial charge in [-0.3, -0.25) is 5.10 Å². The highest BCUT2D eigenvalue weighted by atomic mass is 35.5. The Morgan fingerprint density at radius 2 is 2.24 bits per heavy atom. The highest BCUT2D eigenvalue weighted by molar-refractivity contribution is 6.30. The summed E-state index contributed by atoms with van der Waals surface area (Å²) in [5.74, 6) is 2.20. The first-order valence-corrected chi connectivity index (χ1v) is 5.69. The molecule has 2 heterocycles. The maximum Gasteiger partial charge on any atom is 0.143 e. The van der Waals surface area contributed by atoms with Crippen LogP contribution in [0.15, 0.2) is 6.33 Å². The lowest BCUT2D eigenvalue weighted by Gasteiger charge is -2.09. The van der Waals surface area contributed by atoms with Crippen LogP contribution in [-0.2, 0) is 13.0 Å². The van der Waals surface area contributed by atoms with Crippen LogP contribution in [0.5, 0.6) is 0 Å². The predicted molar refractivity (Wildman–Crippen MR) is 64.9 cm³/mol. The van der Waals surface area contributed by atoms with Gasteiger partial charge in [-0.05, 0) is 6.92 Å². The average Bonchev–Trinajstić information content (AvgIpc) is 2.84. The van der Waals surface area contributed by atoms with E-state index in [1.807, 2.05) is 13.8 Å². The second-order valence-electron chi connectivity index (χ2n) is 3.54. The van der Waals surface area contributed by atoms with Crippen LogP contribution in [0.1, 0.15) is 24.1 Å². The Morgan fingerprint density at radius 3 is 2.88 bits per heavy atom. The molecule has 0 saturated heterocycles. The van der Waals surface area contributed by atoms with Crippen molar-refractivity contribution >= 4 is 17.4 Å². The van der Waals surface area contributed by atoms with Gasteiger partial charge in [0.25, 0.3) is 0 Å². The predicted octanol–water partition coefficient (Wildman–Crippen LogP) is 1.73. The molecule has 0 amide bonds. The molecule has 17 heavy (non-hydrogen) atoms. The molecule has 0 bridgehead atoms. The van der Waals surface area contributed by atoms with Crippen LogP contribution < -0.4 is 5.32 Å². The Balaban J connectivity index is 2.17. The summed E-state index contributed by atoms with van der Waals surface area (Å²) in [4.78, 5) is 12.6. The van der Waals surface area contributed by atoms with Crippen molar-refractivity contribution in [3.05, 3.63) is 28.7 Å². The van der Waals surface area contributed by atoms with Crippen molar-refractivity contribution in [2.75, 3.05) is 5.32 Å². The number of halogens is 1. The van der Waals surface area contributed by atoms with Crippen LogP contribution in [0.25, 0.3) is 0 Å². The number of aryl methyl sites for hydroxylation is 1. The molecule has 0 fully saturated rings. The highest BCUT2D eigenvalue weighted by Gasteiger charge is 2.08. The van der Waals surface area contributed by atoms with E-state index in [4.69, 9.17) is 11.6 Å². The third-order valence-electron chi connectivity index (χ3n) is 2.34. The van der Waals surface area contributed by atoms with E-state index in [0.29, 0.717) is 11.7 Å². The average molecular weight is 253 g/mol. The van der Waals surface area contributed by atoms with E-state index in [1.54, 1.807) is 0 Å². The standard InChI is InChI=1S/C10H13ClN6/c1-3-7-15-9(11)6(2)10(16-7)12-4-8-13-5-14-17-8/h5H,3-4H2,1-2H3,(H,12,15,16)(H,13,14,17). The molecule has 6 nitrogen and oxygen atoms in total. The zero-order valence-corrected chi connectivity index (χ0v) is 10.4. The molecular weight excluding hydrogens is 240 g/mol. The van der Waals surface area contributed by atoms with E-state index >= 15 is 0 Å². The Kier molecular flexibility index (Phi) is 3.53. The molecule has 0 aliphatic carbocycles. The first-order valence-electron chi connectivity index (χ1n) is 5.31. The number of anilines is 1. The van der Waals surface area contributed by atoms with Gasteiger partial charge in [0.15, 0.2) is 0 Å². The molecule has 7 heteroatoms. The van der Waals surface area contributed by atoms with Crippen molar-refractivity contribution in [2.24, 2.45) is 0 Å². The van der Waals surface area contributed by atoms with Crippen LogP contribution in [0.2, 0.25) is 5.15 Å². The van der Waals surface area contributed by atoms with Gasteiger partial charge in [-0.25, -0.2) is 15.0 Å². The second-order valence-corrected chi connectivity index (χ2v) is 3.90. The molecule has 0 atom stereocenters. The third kappa shape index (κ3) is 2.71. The lowest BCUT2D eigenvalue weighted by atomic mass is 10.3. The number of aromatic amines is 1. The normalized spacial score (nSPS) is 10.5. The van der Waals surface area contributed by atoms with Gasteiger partial charge in [0.05, 0.1) is 6.54 Å². The van der Waals surface area contributed by atoms with E-state index in [2.05, 4.69) is 30.5 Å². The summed E-state index contributed by atoms with van der Waals surface area (Å²) >= 11 is 6.03. The quantitative estimate of drug-likeness (QED) is 0.810. The molecule has 0 unspecified atom stereocenters. The van der Waals surface area contributed by atoms with Gasteiger partial charge in [0.2, 0.25) is 0 Å². The Morgan fingerprint density at radius 1 is 1.41 bits per heavy atom. The van der Waals surface area contributed by atoms with Gasteiger partial charge in [0, 0.05) is 12.0 Å². The molecule has 2 aromatic rings. The summed E-state index contributed by atoms with van der Waals surface area (Å²) in [5.41, 5.74) is 0.836. The zero-order valence-electron chi connectivity index (χ0n) is 9.66. The van der Waals surface area contributed by atoms with Gasteiger partial charge in [0.1, 0.15) is 28.9 Å².